The molecule has 202 valence electrons. The molecule has 0 saturated carbocycles. The number of rotatable bonds is 7. The molecule has 1 heterocycles. The zero-order chi connectivity index (χ0) is 27.5. The predicted octanol–water partition coefficient (Wildman–Crippen LogP) is 8.30. The average molecular weight is 551 g/mol. The van der Waals surface area contributed by atoms with Crippen molar-refractivity contribution in [2.24, 2.45) is 0 Å². The van der Waals surface area contributed by atoms with Crippen LogP contribution >= 0.6 is 11.6 Å². The highest BCUT2D eigenvalue weighted by Gasteiger charge is 2.36. The molecule has 0 saturated heterocycles. The van der Waals surface area contributed by atoms with E-state index in [1.165, 1.54) is 5.56 Å². The number of nitrogens with one attached hydrogen (secondary N) is 2. The van der Waals surface area contributed by atoms with E-state index in [2.05, 4.69) is 22.8 Å². The molecule has 0 aromatic heterocycles. The average Bonchev–Trinajstić information content (AvgIpc) is 3.15. The van der Waals surface area contributed by atoms with Gasteiger partial charge in [-0.25, -0.2) is 0 Å². The van der Waals surface area contributed by atoms with Crippen LogP contribution in [-0.4, -0.2) is 12.4 Å². The Balaban J connectivity index is 1.36. The van der Waals surface area contributed by atoms with Crippen LogP contribution in [0.2, 0.25) is 5.02 Å². The van der Waals surface area contributed by atoms with E-state index in [-0.39, 0.29) is 17.7 Å². The zero-order valence-corrected chi connectivity index (χ0v) is 23.1. The van der Waals surface area contributed by atoms with E-state index >= 15 is 0 Å². The van der Waals surface area contributed by atoms with E-state index in [1.807, 2.05) is 91.9 Å². The highest BCUT2D eigenvalue weighted by Crippen LogP contribution is 2.45. The Labute approximate surface area is 239 Å². The number of para-hydroxylation sites is 2. The molecule has 2 unspecified atom stereocenters. The van der Waals surface area contributed by atoms with E-state index in [0.29, 0.717) is 36.2 Å². The minimum Gasteiger partial charge on any atom is -0.490 e. The number of carbonyl (C=O) groups is 1. The third kappa shape index (κ3) is 5.43. The number of ether oxygens (including phenoxy) is 2. The van der Waals surface area contributed by atoms with Gasteiger partial charge in [-0.1, -0.05) is 72.3 Å². The van der Waals surface area contributed by atoms with Crippen molar-refractivity contribution >= 4 is 28.8 Å². The summed E-state index contributed by atoms with van der Waals surface area (Å²) in [4.78, 5) is 13.9. The number of halogens is 1. The number of allylic oxidation sites excluding steroid dienone is 1. The molecular weight excluding hydrogens is 520 g/mol. The van der Waals surface area contributed by atoms with Crippen molar-refractivity contribution in [2.45, 2.75) is 38.3 Å². The van der Waals surface area contributed by atoms with Gasteiger partial charge >= 0.3 is 0 Å². The second-order valence-corrected chi connectivity index (χ2v) is 10.6. The topological polar surface area (TPSA) is 59.6 Å². The summed E-state index contributed by atoms with van der Waals surface area (Å²) >= 11 is 6.03. The third-order valence-corrected chi connectivity index (χ3v) is 7.74. The number of Topliss-reactive ketones (excluding diaryl/α,β-unsaturated/α-hetero) is 1. The second kappa shape index (κ2) is 11.5. The van der Waals surface area contributed by atoms with Gasteiger partial charge in [0.15, 0.2) is 17.3 Å². The number of ketones is 1. The van der Waals surface area contributed by atoms with Crippen LogP contribution in [0.25, 0.3) is 0 Å². The molecular formula is C34H31ClN2O3. The highest BCUT2D eigenvalue weighted by molar-refractivity contribution is 6.30. The maximum Gasteiger partial charge on any atom is 0.163 e. The van der Waals surface area contributed by atoms with Crippen LogP contribution in [0.4, 0.5) is 11.4 Å². The molecule has 4 aromatic rings. The second-order valence-electron chi connectivity index (χ2n) is 10.1. The van der Waals surface area contributed by atoms with Crippen LogP contribution in [0, 0.1) is 0 Å². The summed E-state index contributed by atoms with van der Waals surface area (Å²) in [5.74, 6) is 1.58. The van der Waals surface area contributed by atoms with E-state index in [1.54, 1.807) is 0 Å². The molecule has 0 fully saturated rings. The SMILES string of the molecule is CCOc1cc(C2Nc3ccccc3NC3=C2C(=O)CC(c2ccccc2)C3)ccc1OCc1ccc(Cl)cc1. The standard InChI is InChI=1S/C34H31ClN2O3/c1-2-39-32-20-24(14-17-31(32)40-21-22-12-15-26(35)16-13-22)34-33-29(36-27-10-6-7-11-28(27)37-34)18-25(19-30(33)38)23-8-4-3-5-9-23/h3-17,20,25,34,36-37H,2,18-19,21H2,1H3. The van der Waals surface area contributed by atoms with Gasteiger partial charge in [0.25, 0.3) is 0 Å². The Morgan fingerprint density at radius 1 is 0.800 bits per heavy atom. The lowest BCUT2D eigenvalue weighted by Gasteiger charge is -2.30. The lowest BCUT2D eigenvalue weighted by atomic mass is 9.78. The van der Waals surface area contributed by atoms with Crippen molar-refractivity contribution in [2.75, 3.05) is 17.2 Å². The van der Waals surface area contributed by atoms with Gasteiger partial charge in [0.05, 0.1) is 24.0 Å². The normalized spacial score (nSPS) is 18.1. The van der Waals surface area contributed by atoms with Gasteiger partial charge in [0.2, 0.25) is 0 Å². The maximum atomic E-state index is 13.9. The molecule has 0 amide bonds. The summed E-state index contributed by atoms with van der Waals surface area (Å²) in [5.41, 5.74) is 6.81. The summed E-state index contributed by atoms with van der Waals surface area (Å²) in [5, 5.41) is 7.97. The van der Waals surface area contributed by atoms with E-state index in [0.717, 1.165) is 40.2 Å². The Morgan fingerprint density at radius 3 is 2.33 bits per heavy atom. The third-order valence-electron chi connectivity index (χ3n) is 7.49. The van der Waals surface area contributed by atoms with Crippen molar-refractivity contribution in [1.29, 1.82) is 0 Å². The summed E-state index contributed by atoms with van der Waals surface area (Å²) in [7, 11) is 0. The van der Waals surface area contributed by atoms with Gasteiger partial charge in [-0.2, -0.15) is 0 Å². The van der Waals surface area contributed by atoms with Crippen molar-refractivity contribution in [1.82, 2.24) is 0 Å². The van der Waals surface area contributed by atoms with E-state index < -0.39 is 0 Å². The highest BCUT2D eigenvalue weighted by atomic mass is 35.5. The molecule has 0 spiro atoms. The molecule has 6 heteroatoms. The van der Waals surface area contributed by atoms with Gasteiger partial charge in [-0.3, -0.25) is 4.79 Å². The minimum atomic E-state index is -0.333. The first-order chi connectivity index (χ1) is 19.6. The lowest BCUT2D eigenvalue weighted by Crippen LogP contribution is -2.26. The predicted molar refractivity (Wildman–Crippen MR) is 160 cm³/mol. The molecule has 40 heavy (non-hydrogen) atoms. The zero-order valence-electron chi connectivity index (χ0n) is 22.3. The van der Waals surface area contributed by atoms with E-state index in [4.69, 9.17) is 21.1 Å². The fourth-order valence-electron chi connectivity index (χ4n) is 5.54. The smallest absolute Gasteiger partial charge is 0.163 e. The number of hydrogen-bond acceptors (Lipinski definition) is 5. The molecule has 6 rings (SSSR count). The fraction of sp³-hybridized carbons (Fsp3) is 0.206. The monoisotopic (exact) mass is 550 g/mol. The minimum absolute atomic E-state index is 0.133. The van der Waals surface area contributed by atoms with Gasteiger partial charge < -0.3 is 20.1 Å². The quantitative estimate of drug-likeness (QED) is 0.242. The van der Waals surface area contributed by atoms with Crippen molar-refractivity contribution in [3.8, 4) is 11.5 Å². The Hall–Kier alpha value is -4.22. The first-order valence-corrected chi connectivity index (χ1v) is 14.0. The lowest BCUT2D eigenvalue weighted by molar-refractivity contribution is -0.116. The fourth-order valence-corrected chi connectivity index (χ4v) is 5.66. The number of anilines is 2. The van der Waals surface area contributed by atoms with Crippen molar-refractivity contribution < 1.29 is 14.3 Å². The first-order valence-electron chi connectivity index (χ1n) is 13.7. The number of carbonyl (C=O) groups excluding carboxylic acids is 1. The molecule has 1 aliphatic carbocycles. The van der Waals surface area contributed by atoms with Gasteiger partial charge in [-0.05, 0) is 72.4 Å². The Morgan fingerprint density at radius 2 is 1.55 bits per heavy atom. The molecule has 4 aromatic carbocycles. The number of benzene rings is 4. The largest absolute Gasteiger partial charge is 0.490 e. The summed E-state index contributed by atoms with van der Waals surface area (Å²) < 4.78 is 12.2. The Bertz CT molecular complexity index is 1550. The van der Waals surface area contributed by atoms with Crippen molar-refractivity contribution in [3.05, 3.63) is 130 Å². The molecule has 2 N–H and O–H groups in total. The summed E-state index contributed by atoms with van der Waals surface area (Å²) in [6, 6.07) is 31.6. The first kappa shape index (κ1) is 26.0. The van der Waals surface area contributed by atoms with Gasteiger partial charge in [0.1, 0.15) is 6.61 Å². The maximum absolute atomic E-state index is 13.9. The molecule has 1 aliphatic heterocycles. The van der Waals surface area contributed by atoms with Crippen LogP contribution in [0.3, 0.4) is 0 Å². The van der Waals surface area contributed by atoms with Gasteiger partial charge in [0, 0.05) is 22.7 Å². The number of hydrogen-bond donors (Lipinski definition) is 2. The van der Waals surface area contributed by atoms with Crippen LogP contribution in [0.5, 0.6) is 11.5 Å². The Kier molecular flexibility index (Phi) is 7.47. The summed E-state index contributed by atoms with van der Waals surface area (Å²) in [6.45, 7) is 2.84. The molecule has 0 bridgehead atoms. The molecule has 2 atom stereocenters. The van der Waals surface area contributed by atoms with Gasteiger partial charge in [-0.15, -0.1) is 0 Å². The van der Waals surface area contributed by atoms with Crippen LogP contribution < -0.4 is 20.1 Å². The number of fused-ring (bicyclic) bond motifs is 1. The molecule has 5 nitrogen and oxygen atoms in total. The summed E-state index contributed by atoms with van der Waals surface area (Å²) in [6.07, 6.45) is 1.23. The molecule has 0 radical (unpaired) electrons. The van der Waals surface area contributed by atoms with Crippen LogP contribution in [-0.2, 0) is 11.4 Å². The van der Waals surface area contributed by atoms with Crippen LogP contribution in [0.1, 0.15) is 48.4 Å². The molecule has 2 aliphatic rings. The van der Waals surface area contributed by atoms with E-state index in [9.17, 15) is 4.79 Å². The van der Waals surface area contributed by atoms with Crippen LogP contribution in [0.15, 0.2) is 108 Å². The van der Waals surface area contributed by atoms with Crippen molar-refractivity contribution in [3.63, 3.8) is 0 Å².